The minimum absolute atomic E-state index is 0.0818. The van der Waals surface area contributed by atoms with Gasteiger partial charge >= 0.3 is 0 Å². The molecule has 0 aliphatic heterocycles. The molecule has 2 rings (SSSR count). The van der Waals surface area contributed by atoms with E-state index in [0.717, 1.165) is 25.7 Å². The molecule has 0 atom stereocenters. The van der Waals surface area contributed by atoms with Gasteiger partial charge in [0.2, 0.25) is 0 Å². The molecule has 1 aromatic heterocycles. The Morgan fingerprint density at radius 2 is 2.17 bits per heavy atom. The average Bonchev–Trinajstić information content (AvgIpc) is 2.77. The van der Waals surface area contributed by atoms with Gasteiger partial charge in [-0.15, -0.1) is 0 Å². The van der Waals surface area contributed by atoms with Crippen molar-refractivity contribution in [3.05, 3.63) is 22.2 Å². The first-order chi connectivity index (χ1) is 8.54. The fourth-order valence-corrected chi connectivity index (χ4v) is 2.46. The minimum atomic E-state index is -0.297. The second kappa shape index (κ2) is 5.10. The molecule has 0 aromatic carbocycles. The fourth-order valence-electron chi connectivity index (χ4n) is 2.46. The Hall–Kier alpha value is -1.36. The van der Waals surface area contributed by atoms with Crippen molar-refractivity contribution >= 4 is 5.82 Å². The number of H-pyrrole nitrogens is 1. The molecule has 0 radical (unpaired) electrons. The highest BCUT2D eigenvalue weighted by Gasteiger charge is 2.33. The lowest BCUT2D eigenvalue weighted by Crippen LogP contribution is -2.39. The summed E-state index contributed by atoms with van der Waals surface area (Å²) >= 11 is 0. The zero-order valence-corrected chi connectivity index (χ0v) is 11.0. The molecule has 0 unspecified atom stereocenters. The SMILES string of the molecule is CC(C)c1nc(NC2(CO)CCCC2)cc(=O)[nH]1. The molecule has 3 N–H and O–H groups in total. The van der Waals surface area contributed by atoms with E-state index in [1.807, 2.05) is 13.8 Å². The summed E-state index contributed by atoms with van der Waals surface area (Å²) in [6.45, 7) is 4.05. The van der Waals surface area contributed by atoms with E-state index in [9.17, 15) is 9.90 Å². The molecule has 0 spiro atoms. The first kappa shape index (κ1) is 13.1. The smallest absolute Gasteiger partial charge is 0.252 e. The van der Waals surface area contributed by atoms with Gasteiger partial charge in [0, 0.05) is 12.0 Å². The summed E-state index contributed by atoms with van der Waals surface area (Å²) in [6, 6.07) is 1.46. The molecule has 1 heterocycles. The number of nitrogens with zero attached hydrogens (tertiary/aromatic N) is 1. The maximum atomic E-state index is 11.6. The van der Waals surface area contributed by atoms with Crippen molar-refractivity contribution < 1.29 is 5.11 Å². The molecule has 1 aliphatic rings. The van der Waals surface area contributed by atoms with Crippen molar-refractivity contribution in [3.8, 4) is 0 Å². The van der Waals surface area contributed by atoms with E-state index < -0.39 is 0 Å². The number of aliphatic hydroxyl groups is 1. The summed E-state index contributed by atoms with van der Waals surface area (Å²) in [6.07, 6.45) is 4.06. The van der Waals surface area contributed by atoms with E-state index in [2.05, 4.69) is 15.3 Å². The van der Waals surface area contributed by atoms with Gasteiger partial charge in [-0.05, 0) is 12.8 Å². The lowest BCUT2D eigenvalue weighted by Gasteiger charge is -2.28. The Kier molecular flexibility index (Phi) is 3.71. The van der Waals surface area contributed by atoms with Crippen molar-refractivity contribution in [3.63, 3.8) is 0 Å². The van der Waals surface area contributed by atoms with Gasteiger partial charge < -0.3 is 15.4 Å². The number of nitrogens with one attached hydrogen (secondary N) is 2. The molecule has 1 fully saturated rings. The Bertz CT molecular complexity index is 462. The highest BCUT2D eigenvalue weighted by molar-refractivity contribution is 5.37. The van der Waals surface area contributed by atoms with Crippen LogP contribution in [0.15, 0.2) is 10.9 Å². The standard InChI is InChI=1S/C13H21N3O2/c1-9(2)12-14-10(7-11(18)15-12)16-13(8-17)5-3-4-6-13/h7,9,17H,3-6,8H2,1-2H3,(H2,14,15,16,18). The summed E-state index contributed by atoms with van der Waals surface area (Å²) in [4.78, 5) is 18.7. The van der Waals surface area contributed by atoms with Crippen LogP contribution < -0.4 is 10.9 Å². The maximum Gasteiger partial charge on any atom is 0.252 e. The molecule has 1 aromatic rings. The molecule has 100 valence electrons. The predicted molar refractivity (Wildman–Crippen MR) is 70.9 cm³/mol. The number of aliphatic hydroxyl groups excluding tert-OH is 1. The summed E-state index contributed by atoms with van der Waals surface area (Å²) in [7, 11) is 0. The van der Waals surface area contributed by atoms with Crippen LogP contribution in [0.2, 0.25) is 0 Å². The molecule has 5 nitrogen and oxygen atoms in total. The lowest BCUT2D eigenvalue weighted by atomic mass is 9.99. The second-order valence-electron chi connectivity index (χ2n) is 5.44. The Labute approximate surface area is 107 Å². The highest BCUT2D eigenvalue weighted by atomic mass is 16.3. The number of anilines is 1. The van der Waals surface area contributed by atoms with Gasteiger partial charge in [-0.2, -0.15) is 0 Å². The van der Waals surface area contributed by atoms with Gasteiger partial charge in [0.05, 0.1) is 12.1 Å². The van der Waals surface area contributed by atoms with E-state index in [1.54, 1.807) is 0 Å². The normalized spacial score (nSPS) is 18.2. The third kappa shape index (κ3) is 2.72. The third-order valence-electron chi connectivity index (χ3n) is 3.56. The van der Waals surface area contributed by atoms with Crippen LogP contribution >= 0.6 is 0 Å². The largest absolute Gasteiger partial charge is 0.394 e. The molecule has 0 amide bonds. The quantitative estimate of drug-likeness (QED) is 0.759. The predicted octanol–water partition coefficient (Wildman–Crippen LogP) is 1.61. The number of aromatic amines is 1. The van der Waals surface area contributed by atoms with Crippen molar-refractivity contribution in [1.29, 1.82) is 0 Å². The minimum Gasteiger partial charge on any atom is -0.394 e. The first-order valence-electron chi connectivity index (χ1n) is 6.55. The molecule has 5 heteroatoms. The Morgan fingerprint density at radius 3 is 2.72 bits per heavy atom. The summed E-state index contributed by atoms with van der Waals surface area (Å²) < 4.78 is 0. The zero-order valence-electron chi connectivity index (χ0n) is 11.0. The second-order valence-corrected chi connectivity index (χ2v) is 5.44. The van der Waals surface area contributed by atoms with Crippen molar-refractivity contribution in [2.75, 3.05) is 11.9 Å². The van der Waals surface area contributed by atoms with Crippen molar-refractivity contribution in [2.45, 2.75) is 51.0 Å². The van der Waals surface area contributed by atoms with Crippen LogP contribution in [0.1, 0.15) is 51.3 Å². The van der Waals surface area contributed by atoms with Crippen LogP contribution in [-0.4, -0.2) is 27.2 Å². The first-order valence-corrected chi connectivity index (χ1v) is 6.55. The third-order valence-corrected chi connectivity index (χ3v) is 3.56. The van der Waals surface area contributed by atoms with Gasteiger partial charge in [0.25, 0.3) is 5.56 Å². The van der Waals surface area contributed by atoms with E-state index in [4.69, 9.17) is 0 Å². The Balaban J connectivity index is 2.25. The van der Waals surface area contributed by atoms with E-state index in [-0.39, 0.29) is 23.6 Å². The molecule has 0 saturated heterocycles. The molecule has 1 saturated carbocycles. The Morgan fingerprint density at radius 1 is 1.50 bits per heavy atom. The number of rotatable bonds is 4. The number of hydrogen-bond donors (Lipinski definition) is 3. The molecule has 0 bridgehead atoms. The van der Waals surface area contributed by atoms with Crippen LogP contribution in [0.3, 0.4) is 0 Å². The number of hydrogen-bond acceptors (Lipinski definition) is 4. The van der Waals surface area contributed by atoms with Gasteiger partial charge in [-0.1, -0.05) is 26.7 Å². The van der Waals surface area contributed by atoms with Crippen molar-refractivity contribution in [2.24, 2.45) is 0 Å². The molecular formula is C13H21N3O2. The van der Waals surface area contributed by atoms with Gasteiger partial charge in [-0.3, -0.25) is 4.79 Å². The van der Waals surface area contributed by atoms with E-state index >= 15 is 0 Å². The lowest BCUT2D eigenvalue weighted by molar-refractivity contribution is 0.213. The van der Waals surface area contributed by atoms with Crippen LogP contribution in [0.4, 0.5) is 5.82 Å². The summed E-state index contributed by atoms with van der Waals surface area (Å²) in [5.41, 5.74) is -0.447. The van der Waals surface area contributed by atoms with E-state index in [0.29, 0.717) is 11.6 Å². The summed E-state index contributed by atoms with van der Waals surface area (Å²) in [5, 5.41) is 12.8. The summed E-state index contributed by atoms with van der Waals surface area (Å²) in [5.74, 6) is 1.42. The van der Waals surface area contributed by atoms with Crippen LogP contribution in [0, 0.1) is 0 Å². The molecule has 1 aliphatic carbocycles. The fraction of sp³-hybridized carbons (Fsp3) is 0.692. The van der Waals surface area contributed by atoms with Crippen molar-refractivity contribution in [1.82, 2.24) is 9.97 Å². The molecule has 18 heavy (non-hydrogen) atoms. The maximum absolute atomic E-state index is 11.6. The zero-order chi connectivity index (χ0) is 13.2. The van der Waals surface area contributed by atoms with E-state index in [1.165, 1.54) is 6.07 Å². The monoisotopic (exact) mass is 251 g/mol. The topological polar surface area (TPSA) is 78.0 Å². The van der Waals surface area contributed by atoms with Gasteiger partial charge in [0.1, 0.15) is 11.6 Å². The van der Waals surface area contributed by atoms with Crippen LogP contribution in [0.5, 0.6) is 0 Å². The van der Waals surface area contributed by atoms with Gasteiger partial charge in [-0.25, -0.2) is 4.98 Å². The van der Waals surface area contributed by atoms with Crippen LogP contribution in [-0.2, 0) is 0 Å². The highest BCUT2D eigenvalue weighted by Crippen LogP contribution is 2.32. The molecular weight excluding hydrogens is 230 g/mol. The average molecular weight is 251 g/mol. The van der Waals surface area contributed by atoms with Gasteiger partial charge in [0.15, 0.2) is 0 Å². The van der Waals surface area contributed by atoms with Crippen LogP contribution in [0.25, 0.3) is 0 Å². The number of aromatic nitrogens is 2.